The van der Waals surface area contributed by atoms with Gasteiger partial charge in [0.25, 0.3) is 0 Å². The number of carbonyl (C=O) groups excluding carboxylic acids is 1. The summed E-state index contributed by atoms with van der Waals surface area (Å²) >= 11 is 0. The second kappa shape index (κ2) is 9.01. The maximum absolute atomic E-state index is 13.3. The molecule has 2 aromatic rings. The highest BCUT2D eigenvalue weighted by atomic mass is 32.1. The van der Waals surface area contributed by atoms with Crippen molar-refractivity contribution >= 4 is 25.4 Å². The highest BCUT2D eigenvalue weighted by Gasteiger charge is 2.51. The van der Waals surface area contributed by atoms with E-state index in [0.29, 0.717) is 0 Å². The first-order chi connectivity index (χ1) is 13.6. The van der Waals surface area contributed by atoms with Gasteiger partial charge in [-0.15, -0.1) is 0 Å². The van der Waals surface area contributed by atoms with Crippen LogP contribution < -0.4 is 5.32 Å². The van der Waals surface area contributed by atoms with Crippen LogP contribution in [0.4, 0.5) is 0 Å². The Bertz CT molecular complexity index is 861. The Hall–Kier alpha value is -2.31. The standard InChI is InChI=1S/C23H26N2O3.H2S/c26-21(27)18-9-6-10-19(15-18)23(11-12-23)22(28)24-20(16-25-13-4-5-14-25)17-7-2-1-3-8-17;/h1-3,6-10,15,20H,4-5,11-14,16H2,(H,24,28)(H,26,27);1H2/t20-;/m1./s1. The molecule has 1 heterocycles. The summed E-state index contributed by atoms with van der Waals surface area (Å²) in [5, 5.41) is 12.6. The van der Waals surface area contributed by atoms with Crippen molar-refractivity contribution in [3.05, 3.63) is 71.3 Å². The van der Waals surface area contributed by atoms with E-state index in [1.807, 2.05) is 24.3 Å². The third-order valence-corrected chi connectivity index (χ3v) is 5.99. The van der Waals surface area contributed by atoms with Crippen molar-refractivity contribution in [2.75, 3.05) is 19.6 Å². The number of hydrogen-bond acceptors (Lipinski definition) is 3. The maximum atomic E-state index is 13.3. The number of carboxylic acid groups (broad SMARTS) is 1. The SMILES string of the molecule is O=C(O)c1cccc(C2(C(=O)N[C@H](CN3CCCC3)c3ccccc3)CC2)c1.S. The first-order valence-corrected chi connectivity index (χ1v) is 10.0. The van der Waals surface area contributed by atoms with Crippen LogP contribution in [-0.2, 0) is 10.2 Å². The van der Waals surface area contributed by atoms with E-state index in [0.717, 1.165) is 43.6 Å². The fourth-order valence-electron chi connectivity index (χ4n) is 4.16. The van der Waals surface area contributed by atoms with Gasteiger partial charge in [0.15, 0.2) is 0 Å². The van der Waals surface area contributed by atoms with Crippen molar-refractivity contribution < 1.29 is 14.7 Å². The topological polar surface area (TPSA) is 69.6 Å². The van der Waals surface area contributed by atoms with Crippen LogP contribution in [0.15, 0.2) is 54.6 Å². The quantitative estimate of drug-likeness (QED) is 0.731. The molecule has 1 atom stereocenters. The predicted octanol–water partition coefficient (Wildman–Crippen LogP) is 3.48. The molecule has 5 nitrogen and oxygen atoms in total. The first kappa shape index (κ1) is 21.4. The van der Waals surface area contributed by atoms with Crippen LogP contribution in [0.25, 0.3) is 0 Å². The second-order valence-corrected chi connectivity index (χ2v) is 7.91. The van der Waals surface area contributed by atoms with E-state index in [4.69, 9.17) is 0 Å². The number of aromatic carboxylic acids is 1. The molecule has 0 aromatic heterocycles. The van der Waals surface area contributed by atoms with Gasteiger partial charge < -0.3 is 15.3 Å². The Morgan fingerprint density at radius 2 is 1.72 bits per heavy atom. The molecule has 1 amide bonds. The number of benzene rings is 2. The molecule has 2 aliphatic rings. The molecule has 1 saturated carbocycles. The Labute approximate surface area is 178 Å². The Kier molecular flexibility index (Phi) is 6.65. The van der Waals surface area contributed by atoms with E-state index in [9.17, 15) is 14.7 Å². The van der Waals surface area contributed by atoms with Crippen molar-refractivity contribution in [2.24, 2.45) is 0 Å². The molecule has 0 bridgehead atoms. The molecule has 0 radical (unpaired) electrons. The molecule has 2 aromatic carbocycles. The second-order valence-electron chi connectivity index (χ2n) is 7.91. The van der Waals surface area contributed by atoms with E-state index in [-0.39, 0.29) is 31.0 Å². The van der Waals surface area contributed by atoms with Crippen molar-refractivity contribution in [1.82, 2.24) is 10.2 Å². The average molecular weight is 413 g/mol. The number of carboxylic acids is 1. The summed E-state index contributed by atoms with van der Waals surface area (Å²) in [5.74, 6) is -0.961. The van der Waals surface area contributed by atoms with Gasteiger partial charge in [-0.05, 0) is 62.0 Å². The van der Waals surface area contributed by atoms with Crippen LogP contribution in [0.3, 0.4) is 0 Å². The van der Waals surface area contributed by atoms with Crippen LogP contribution in [0.5, 0.6) is 0 Å². The minimum atomic E-state index is -0.964. The van der Waals surface area contributed by atoms with Crippen molar-refractivity contribution in [3.63, 3.8) is 0 Å². The molecule has 6 heteroatoms. The number of amides is 1. The summed E-state index contributed by atoms with van der Waals surface area (Å²) in [7, 11) is 0. The minimum absolute atomic E-state index is 0. The fourth-order valence-corrected chi connectivity index (χ4v) is 4.16. The van der Waals surface area contributed by atoms with Gasteiger partial charge in [-0.25, -0.2) is 4.79 Å². The molecule has 29 heavy (non-hydrogen) atoms. The van der Waals surface area contributed by atoms with E-state index in [1.54, 1.807) is 18.2 Å². The van der Waals surface area contributed by atoms with Gasteiger partial charge in [-0.1, -0.05) is 42.5 Å². The van der Waals surface area contributed by atoms with Crippen molar-refractivity contribution in [3.8, 4) is 0 Å². The van der Waals surface area contributed by atoms with Crippen molar-refractivity contribution in [2.45, 2.75) is 37.1 Å². The number of rotatable bonds is 7. The first-order valence-electron chi connectivity index (χ1n) is 10.0. The predicted molar refractivity (Wildman–Crippen MR) is 118 cm³/mol. The zero-order valence-corrected chi connectivity index (χ0v) is 17.4. The largest absolute Gasteiger partial charge is 0.478 e. The molecule has 154 valence electrons. The summed E-state index contributed by atoms with van der Waals surface area (Å²) in [6.45, 7) is 2.96. The van der Waals surface area contributed by atoms with Crippen LogP contribution in [-0.4, -0.2) is 41.5 Å². The van der Waals surface area contributed by atoms with E-state index in [2.05, 4.69) is 22.3 Å². The molecule has 0 unspecified atom stereocenters. The molecule has 1 aliphatic carbocycles. The van der Waals surface area contributed by atoms with Gasteiger partial charge in [0, 0.05) is 6.54 Å². The Morgan fingerprint density at radius 1 is 1.03 bits per heavy atom. The fraction of sp³-hybridized carbons (Fsp3) is 0.391. The smallest absolute Gasteiger partial charge is 0.335 e. The van der Waals surface area contributed by atoms with Crippen LogP contribution in [0.2, 0.25) is 0 Å². The van der Waals surface area contributed by atoms with Gasteiger partial charge in [0.1, 0.15) is 0 Å². The lowest BCUT2D eigenvalue weighted by Crippen LogP contribution is -2.42. The highest BCUT2D eigenvalue weighted by Crippen LogP contribution is 2.49. The zero-order valence-electron chi connectivity index (χ0n) is 16.4. The van der Waals surface area contributed by atoms with Gasteiger partial charge in [0.05, 0.1) is 17.0 Å². The van der Waals surface area contributed by atoms with Crippen LogP contribution >= 0.6 is 13.5 Å². The number of hydrogen-bond donors (Lipinski definition) is 2. The molecular formula is C23H28N2O3S. The summed E-state index contributed by atoms with van der Waals surface area (Å²) in [5.41, 5.74) is 1.55. The summed E-state index contributed by atoms with van der Waals surface area (Å²) in [4.78, 5) is 27.0. The lowest BCUT2D eigenvalue weighted by molar-refractivity contribution is -0.124. The molecule has 4 rings (SSSR count). The summed E-state index contributed by atoms with van der Waals surface area (Å²) in [6, 6.07) is 16.9. The van der Waals surface area contributed by atoms with E-state index < -0.39 is 11.4 Å². The van der Waals surface area contributed by atoms with Gasteiger partial charge in [-0.3, -0.25) is 4.79 Å². The molecule has 0 spiro atoms. The van der Waals surface area contributed by atoms with Crippen LogP contribution in [0, 0.1) is 0 Å². The number of carbonyl (C=O) groups is 2. The van der Waals surface area contributed by atoms with Gasteiger partial charge in [-0.2, -0.15) is 13.5 Å². The third-order valence-electron chi connectivity index (χ3n) is 5.99. The highest BCUT2D eigenvalue weighted by molar-refractivity contribution is 7.59. The Morgan fingerprint density at radius 3 is 2.34 bits per heavy atom. The molecule has 1 saturated heterocycles. The normalized spacial score (nSPS) is 18.5. The number of nitrogens with one attached hydrogen (secondary N) is 1. The van der Waals surface area contributed by atoms with Gasteiger partial charge in [0.2, 0.25) is 5.91 Å². The maximum Gasteiger partial charge on any atom is 0.335 e. The minimum Gasteiger partial charge on any atom is -0.478 e. The van der Waals surface area contributed by atoms with Crippen molar-refractivity contribution in [1.29, 1.82) is 0 Å². The number of likely N-dealkylation sites (tertiary alicyclic amines) is 1. The molecule has 2 N–H and O–H groups in total. The molecular weight excluding hydrogens is 384 g/mol. The van der Waals surface area contributed by atoms with Gasteiger partial charge >= 0.3 is 5.97 Å². The average Bonchev–Trinajstić information content (AvgIpc) is 3.38. The lowest BCUT2D eigenvalue weighted by Gasteiger charge is -2.27. The molecule has 2 fully saturated rings. The monoisotopic (exact) mass is 412 g/mol. The molecule has 1 aliphatic heterocycles. The Balaban J connectivity index is 0.00000240. The summed E-state index contributed by atoms with van der Waals surface area (Å²) in [6.07, 6.45) is 3.93. The zero-order chi connectivity index (χ0) is 19.6. The lowest BCUT2D eigenvalue weighted by atomic mass is 9.92. The van der Waals surface area contributed by atoms with E-state index >= 15 is 0 Å². The van der Waals surface area contributed by atoms with Crippen LogP contribution in [0.1, 0.15) is 53.2 Å². The third kappa shape index (κ3) is 4.65. The summed E-state index contributed by atoms with van der Waals surface area (Å²) < 4.78 is 0. The van der Waals surface area contributed by atoms with E-state index in [1.165, 1.54) is 12.8 Å². The number of nitrogens with zero attached hydrogens (tertiary/aromatic N) is 1.